The van der Waals surface area contributed by atoms with Gasteiger partial charge in [-0.15, -0.1) is 0 Å². The van der Waals surface area contributed by atoms with E-state index in [-0.39, 0.29) is 11.9 Å². The molecule has 2 aromatic rings. The van der Waals surface area contributed by atoms with Gasteiger partial charge in [-0.1, -0.05) is 29.8 Å². The maximum absolute atomic E-state index is 12.2. The number of nitrogens with one attached hydrogen (secondary N) is 1. The van der Waals surface area contributed by atoms with E-state index in [0.29, 0.717) is 6.54 Å². The van der Waals surface area contributed by atoms with Gasteiger partial charge in [0.1, 0.15) is 6.04 Å². The first-order valence-electron chi connectivity index (χ1n) is 8.94. The first-order valence-corrected chi connectivity index (χ1v) is 9.31. The minimum Gasteiger partial charge on any atom is -0.378 e. The summed E-state index contributed by atoms with van der Waals surface area (Å²) in [4.78, 5) is 14.5. The van der Waals surface area contributed by atoms with Crippen LogP contribution < -0.4 is 15.5 Å². The molecular weight excluding hydrogens is 350 g/mol. The summed E-state index contributed by atoms with van der Waals surface area (Å²) in [7, 11) is 0. The van der Waals surface area contributed by atoms with Crippen LogP contribution in [0.25, 0.3) is 0 Å². The second-order valence-corrected chi connectivity index (χ2v) is 6.85. The van der Waals surface area contributed by atoms with Crippen molar-refractivity contribution in [2.24, 2.45) is 0 Å². The lowest BCUT2D eigenvalue weighted by Crippen LogP contribution is -2.86. The van der Waals surface area contributed by atoms with Gasteiger partial charge in [0, 0.05) is 35.1 Å². The van der Waals surface area contributed by atoms with Crippen molar-refractivity contribution >= 4 is 28.9 Å². The van der Waals surface area contributed by atoms with E-state index in [0.717, 1.165) is 48.3 Å². The first kappa shape index (κ1) is 18.7. The molecule has 1 heterocycles. The Kier molecular flexibility index (Phi) is 6.50. The summed E-state index contributed by atoms with van der Waals surface area (Å²) in [6.07, 6.45) is 0. The fraction of sp³-hybridized carbons (Fsp3) is 0.350. The number of rotatable bonds is 6. The van der Waals surface area contributed by atoms with Gasteiger partial charge >= 0.3 is 0 Å². The molecule has 0 spiro atoms. The fourth-order valence-electron chi connectivity index (χ4n) is 3.04. The molecule has 0 aliphatic carbocycles. The van der Waals surface area contributed by atoms with Crippen molar-refractivity contribution in [1.29, 1.82) is 0 Å². The van der Waals surface area contributed by atoms with Gasteiger partial charge in [-0.05, 0) is 37.3 Å². The summed E-state index contributed by atoms with van der Waals surface area (Å²) in [6.45, 7) is 5.72. The van der Waals surface area contributed by atoms with Gasteiger partial charge in [0.25, 0.3) is 5.91 Å². The molecule has 1 amide bonds. The van der Waals surface area contributed by atoms with Crippen LogP contribution in [-0.4, -0.2) is 38.8 Å². The van der Waals surface area contributed by atoms with Gasteiger partial charge in [-0.3, -0.25) is 4.79 Å². The Morgan fingerprint density at radius 1 is 1.19 bits per heavy atom. The number of morpholine rings is 1. The summed E-state index contributed by atoms with van der Waals surface area (Å²) in [5.41, 5.74) is 3.01. The molecule has 6 heteroatoms. The van der Waals surface area contributed by atoms with Gasteiger partial charge in [-0.2, -0.15) is 0 Å². The normalized spacial score (nSPS) is 15.5. The van der Waals surface area contributed by atoms with Crippen molar-refractivity contribution in [1.82, 2.24) is 0 Å². The molecule has 1 atom stereocenters. The summed E-state index contributed by atoms with van der Waals surface area (Å²) in [6, 6.07) is 15.8. The predicted octanol–water partition coefficient (Wildman–Crippen LogP) is 2.44. The molecular formula is C20H25ClN3O2+. The summed E-state index contributed by atoms with van der Waals surface area (Å²) in [5.74, 6) is -0.0250. The maximum Gasteiger partial charge on any atom is 0.279 e. The van der Waals surface area contributed by atoms with Crippen LogP contribution in [0.15, 0.2) is 48.5 Å². The minimum absolute atomic E-state index is 0.0250. The number of nitrogens with two attached hydrogens (primary N) is 1. The smallest absolute Gasteiger partial charge is 0.279 e. The van der Waals surface area contributed by atoms with Crippen LogP contribution in [0, 0.1) is 0 Å². The Bertz CT molecular complexity index is 730. The molecule has 3 N–H and O–H groups in total. The third kappa shape index (κ3) is 4.97. The van der Waals surface area contributed by atoms with Crippen LogP contribution in [0.1, 0.15) is 18.5 Å². The average Bonchev–Trinajstić information content (AvgIpc) is 2.68. The lowest BCUT2D eigenvalue weighted by molar-refractivity contribution is -0.682. The van der Waals surface area contributed by atoms with E-state index in [4.69, 9.17) is 16.3 Å². The number of amides is 1. The van der Waals surface area contributed by atoms with E-state index in [1.807, 2.05) is 60.8 Å². The molecule has 0 aromatic heterocycles. The van der Waals surface area contributed by atoms with Gasteiger partial charge in [0.15, 0.2) is 6.54 Å². The van der Waals surface area contributed by atoms with Crippen molar-refractivity contribution in [3.8, 4) is 0 Å². The zero-order chi connectivity index (χ0) is 18.4. The number of quaternary nitrogens is 1. The van der Waals surface area contributed by atoms with Crippen LogP contribution >= 0.6 is 11.6 Å². The van der Waals surface area contributed by atoms with Crippen LogP contribution in [0.4, 0.5) is 11.4 Å². The summed E-state index contributed by atoms with van der Waals surface area (Å²) >= 11 is 6.21. The van der Waals surface area contributed by atoms with Gasteiger partial charge in [0.2, 0.25) is 0 Å². The van der Waals surface area contributed by atoms with Crippen LogP contribution in [-0.2, 0) is 9.53 Å². The Balaban J connectivity index is 1.49. The van der Waals surface area contributed by atoms with Crippen molar-refractivity contribution < 1.29 is 14.8 Å². The number of hydrogen-bond acceptors (Lipinski definition) is 3. The molecule has 1 saturated heterocycles. The van der Waals surface area contributed by atoms with E-state index in [1.54, 1.807) is 0 Å². The molecule has 0 bridgehead atoms. The second-order valence-electron chi connectivity index (χ2n) is 6.44. The average molecular weight is 375 g/mol. The lowest BCUT2D eigenvalue weighted by Gasteiger charge is -2.28. The van der Waals surface area contributed by atoms with E-state index in [1.165, 1.54) is 0 Å². The fourth-order valence-corrected chi connectivity index (χ4v) is 3.35. The highest BCUT2D eigenvalue weighted by Gasteiger charge is 2.15. The Morgan fingerprint density at radius 3 is 2.58 bits per heavy atom. The standard InChI is InChI=1S/C20H24ClN3O2/c1-15(18-4-2-3-5-19(18)21)22-14-20(25)23-16-6-8-17(9-7-16)24-10-12-26-13-11-24/h2-9,15,22H,10-14H2,1H3,(H,23,25)/p+1/t15-/m1/s1. The number of ether oxygens (including phenoxy) is 1. The van der Waals surface area contributed by atoms with Gasteiger partial charge in [-0.25, -0.2) is 0 Å². The molecule has 1 aliphatic heterocycles. The topological polar surface area (TPSA) is 58.2 Å². The van der Waals surface area contributed by atoms with Crippen LogP contribution in [0.5, 0.6) is 0 Å². The molecule has 2 aromatic carbocycles. The highest BCUT2D eigenvalue weighted by molar-refractivity contribution is 6.31. The van der Waals surface area contributed by atoms with Crippen molar-refractivity contribution in [3.63, 3.8) is 0 Å². The monoisotopic (exact) mass is 374 g/mol. The molecule has 1 aliphatic rings. The maximum atomic E-state index is 12.2. The zero-order valence-electron chi connectivity index (χ0n) is 15.0. The Morgan fingerprint density at radius 2 is 1.88 bits per heavy atom. The van der Waals surface area contributed by atoms with E-state index in [9.17, 15) is 4.79 Å². The number of nitrogens with zero attached hydrogens (tertiary/aromatic N) is 1. The highest BCUT2D eigenvalue weighted by atomic mass is 35.5. The van der Waals surface area contributed by atoms with Crippen molar-refractivity contribution in [2.45, 2.75) is 13.0 Å². The lowest BCUT2D eigenvalue weighted by atomic mass is 10.1. The van der Waals surface area contributed by atoms with Crippen LogP contribution in [0.2, 0.25) is 5.02 Å². The zero-order valence-corrected chi connectivity index (χ0v) is 15.7. The molecule has 1 fully saturated rings. The number of carbonyl (C=O) groups is 1. The Labute approximate surface area is 159 Å². The molecule has 0 unspecified atom stereocenters. The molecule has 26 heavy (non-hydrogen) atoms. The third-order valence-electron chi connectivity index (χ3n) is 4.58. The van der Waals surface area contributed by atoms with E-state index >= 15 is 0 Å². The number of benzene rings is 2. The summed E-state index contributed by atoms with van der Waals surface area (Å²) in [5, 5.41) is 5.66. The van der Waals surface area contributed by atoms with E-state index in [2.05, 4.69) is 10.2 Å². The van der Waals surface area contributed by atoms with Crippen molar-refractivity contribution in [3.05, 3.63) is 59.1 Å². The van der Waals surface area contributed by atoms with E-state index < -0.39 is 0 Å². The molecule has 5 nitrogen and oxygen atoms in total. The van der Waals surface area contributed by atoms with Crippen LogP contribution in [0.3, 0.4) is 0 Å². The second kappa shape index (κ2) is 9.03. The quantitative estimate of drug-likeness (QED) is 0.816. The van der Waals surface area contributed by atoms with Crippen molar-refractivity contribution in [2.75, 3.05) is 43.1 Å². The molecule has 0 radical (unpaired) electrons. The number of carbonyl (C=O) groups excluding carboxylic acids is 1. The highest BCUT2D eigenvalue weighted by Crippen LogP contribution is 2.20. The molecule has 3 rings (SSSR count). The largest absolute Gasteiger partial charge is 0.378 e. The van der Waals surface area contributed by atoms with Gasteiger partial charge < -0.3 is 20.3 Å². The number of hydrogen-bond donors (Lipinski definition) is 2. The molecule has 138 valence electrons. The minimum atomic E-state index is -0.0250. The first-order chi connectivity index (χ1) is 12.6. The Hall–Kier alpha value is -2.08. The summed E-state index contributed by atoms with van der Waals surface area (Å²) < 4.78 is 5.37. The van der Waals surface area contributed by atoms with Gasteiger partial charge in [0.05, 0.1) is 13.2 Å². The third-order valence-corrected chi connectivity index (χ3v) is 4.92. The number of anilines is 2. The SMILES string of the molecule is C[C@@H]([NH2+]CC(=O)Nc1ccc(N2CCOCC2)cc1)c1ccccc1Cl. The predicted molar refractivity (Wildman–Crippen MR) is 105 cm³/mol. The number of halogens is 1. The molecule has 0 saturated carbocycles.